The third-order valence-corrected chi connectivity index (χ3v) is 3.00. The molecule has 3 nitrogen and oxygen atoms in total. The third kappa shape index (κ3) is 5.13. The van der Waals surface area contributed by atoms with Crippen LogP contribution in [-0.4, -0.2) is 28.1 Å². The highest BCUT2D eigenvalue weighted by molar-refractivity contribution is 7.80. The number of hydrogen-bond donors (Lipinski definition) is 1. The fourth-order valence-corrected chi connectivity index (χ4v) is 1.82. The quantitative estimate of drug-likeness (QED) is 0.621. The normalized spacial score (nSPS) is 10.0. The van der Waals surface area contributed by atoms with Gasteiger partial charge in [-0.15, -0.1) is 0 Å². The van der Waals surface area contributed by atoms with Crippen LogP contribution in [-0.2, 0) is 6.54 Å². The first-order valence-corrected chi connectivity index (χ1v) is 6.60. The van der Waals surface area contributed by atoms with Crippen LogP contribution < -0.4 is 5.32 Å². The Morgan fingerprint density at radius 3 is 2.65 bits per heavy atom. The molecule has 0 fully saturated rings. The summed E-state index contributed by atoms with van der Waals surface area (Å²) in [5.74, 6) is 0. The molecule has 0 saturated carbocycles. The molecule has 1 aromatic heterocycles. The van der Waals surface area contributed by atoms with Crippen LogP contribution >= 0.6 is 12.2 Å². The lowest BCUT2D eigenvalue weighted by molar-refractivity contribution is 0.426. The van der Waals surface area contributed by atoms with E-state index in [0.717, 1.165) is 31.2 Å². The fourth-order valence-electron chi connectivity index (χ4n) is 1.52. The average Bonchev–Trinajstić information content (AvgIpc) is 2.37. The summed E-state index contributed by atoms with van der Waals surface area (Å²) in [6.07, 6.45) is 5.98. The highest BCUT2D eigenvalue weighted by atomic mass is 32.1. The monoisotopic (exact) mass is 251 g/mol. The van der Waals surface area contributed by atoms with Gasteiger partial charge in [0.05, 0.1) is 0 Å². The second-order valence-electron chi connectivity index (χ2n) is 3.96. The van der Waals surface area contributed by atoms with E-state index in [1.54, 1.807) is 0 Å². The molecule has 0 radical (unpaired) electrons. The summed E-state index contributed by atoms with van der Waals surface area (Å²) in [7, 11) is 0. The maximum Gasteiger partial charge on any atom is 0.169 e. The molecule has 4 heteroatoms. The molecule has 0 bridgehead atoms. The standard InChI is InChI=1S/C13H21N3S/c1-3-5-8-15-13(17)16(4-2)11-12-6-9-14-10-7-12/h6-7,9-10H,3-5,8,11H2,1-2H3,(H,15,17). The van der Waals surface area contributed by atoms with E-state index in [9.17, 15) is 0 Å². The Morgan fingerprint density at radius 1 is 1.35 bits per heavy atom. The van der Waals surface area contributed by atoms with Gasteiger partial charge < -0.3 is 10.2 Å². The van der Waals surface area contributed by atoms with Crippen molar-refractivity contribution in [2.24, 2.45) is 0 Å². The van der Waals surface area contributed by atoms with Crippen LogP contribution in [0.5, 0.6) is 0 Å². The molecule has 1 heterocycles. The van der Waals surface area contributed by atoms with Crippen LogP contribution in [0.2, 0.25) is 0 Å². The molecule has 1 aromatic rings. The van der Waals surface area contributed by atoms with E-state index in [0.29, 0.717) is 0 Å². The molecule has 0 aromatic carbocycles. The summed E-state index contributed by atoms with van der Waals surface area (Å²) >= 11 is 5.39. The van der Waals surface area contributed by atoms with Crippen molar-refractivity contribution in [2.75, 3.05) is 13.1 Å². The minimum atomic E-state index is 0.844. The van der Waals surface area contributed by atoms with Crippen LogP contribution in [0, 0.1) is 0 Å². The SMILES string of the molecule is CCCCNC(=S)N(CC)Cc1ccncc1. The topological polar surface area (TPSA) is 28.2 Å². The predicted molar refractivity (Wildman–Crippen MR) is 75.8 cm³/mol. The Labute approximate surface area is 109 Å². The van der Waals surface area contributed by atoms with Crippen LogP contribution in [0.25, 0.3) is 0 Å². The van der Waals surface area contributed by atoms with Gasteiger partial charge in [-0.1, -0.05) is 13.3 Å². The Morgan fingerprint density at radius 2 is 2.06 bits per heavy atom. The third-order valence-electron chi connectivity index (χ3n) is 2.60. The number of rotatable bonds is 6. The van der Waals surface area contributed by atoms with Crippen LogP contribution in [0.3, 0.4) is 0 Å². The second kappa shape index (κ2) is 8.01. The molecular formula is C13H21N3S. The smallest absolute Gasteiger partial charge is 0.169 e. The second-order valence-corrected chi connectivity index (χ2v) is 4.34. The maximum absolute atomic E-state index is 5.39. The van der Waals surface area contributed by atoms with Gasteiger partial charge >= 0.3 is 0 Å². The molecule has 17 heavy (non-hydrogen) atoms. The number of unbranched alkanes of at least 4 members (excludes halogenated alkanes) is 1. The molecule has 1 rings (SSSR count). The molecule has 0 atom stereocenters. The number of aromatic nitrogens is 1. The van der Waals surface area contributed by atoms with E-state index < -0.39 is 0 Å². The van der Waals surface area contributed by atoms with Crippen molar-refractivity contribution in [3.8, 4) is 0 Å². The van der Waals surface area contributed by atoms with Crippen LogP contribution in [0.4, 0.5) is 0 Å². The van der Waals surface area contributed by atoms with Gasteiger partial charge in [0.15, 0.2) is 5.11 Å². The van der Waals surface area contributed by atoms with Crippen molar-refractivity contribution in [2.45, 2.75) is 33.2 Å². The van der Waals surface area contributed by atoms with Gasteiger partial charge in [-0.05, 0) is 43.3 Å². The molecule has 0 aliphatic carbocycles. The van der Waals surface area contributed by atoms with Gasteiger partial charge in [-0.25, -0.2) is 0 Å². The minimum Gasteiger partial charge on any atom is -0.363 e. The summed E-state index contributed by atoms with van der Waals surface area (Å²) in [6.45, 7) is 7.02. The highest BCUT2D eigenvalue weighted by Gasteiger charge is 2.07. The van der Waals surface area contributed by atoms with Crippen LogP contribution in [0.15, 0.2) is 24.5 Å². The van der Waals surface area contributed by atoms with Crippen molar-refractivity contribution >= 4 is 17.3 Å². The molecular weight excluding hydrogens is 230 g/mol. The molecule has 0 aliphatic rings. The number of hydrogen-bond acceptors (Lipinski definition) is 2. The van der Waals surface area contributed by atoms with Crippen molar-refractivity contribution in [3.05, 3.63) is 30.1 Å². The number of nitrogens with one attached hydrogen (secondary N) is 1. The summed E-state index contributed by atoms with van der Waals surface area (Å²) < 4.78 is 0. The first-order valence-electron chi connectivity index (χ1n) is 6.19. The predicted octanol–water partition coefficient (Wildman–Crippen LogP) is 2.58. The number of nitrogens with zero attached hydrogens (tertiary/aromatic N) is 2. The van der Waals surface area contributed by atoms with E-state index in [2.05, 4.69) is 29.0 Å². The van der Waals surface area contributed by atoms with Gasteiger partial charge in [0, 0.05) is 32.0 Å². The minimum absolute atomic E-state index is 0.844. The van der Waals surface area contributed by atoms with Crippen molar-refractivity contribution in [3.63, 3.8) is 0 Å². The summed E-state index contributed by atoms with van der Waals surface area (Å²) in [4.78, 5) is 6.18. The Kier molecular flexibility index (Phi) is 6.55. The Balaban J connectivity index is 2.45. The van der Waals surface area contributed by atoms with Gasteiger partial charge in [-0.2, -0.15) is 0 Å². The summed E-state index contributed by atoms with van der Waals surface area (Å²) in [6, 6.07) is 4.05. The molecule has 0 spiro atoms. The van der Waals surface area contributed by atoms with Gasteiger partial charge in [0.2, 0.25) is 0 Å². The first kappa shape index (κ1) is 13.9. The zero-order valence-electron chi connectivity index (χ0n) is 10.6. The van der Waals surface area contributed by atoms with E-state index >= 15 is 0 Å². The molecule has 94 valence electrons. The van der Waals surface area contributed by atoms with Gasteiger partial charge in [0.25, 0.3) is 0 Å². The van der Waals surface area contributed by atoms with Crippen molar-refractivity contribution < 1.29 is 0 Å². The molecule has 1 N–H and O–H groups in total. The average molecular weight is 251 g/mol. The van der Waals surface area contributed by atoms with E-state index in [4.69, 9.17) is 12.2 Å². The maximum atomic E-state index is 5.39. The zero-order chi connectivity index (χ0) is 12.5. The Hall–Kier alpha value is -1.16. The highest BCUT2D eigenvalue weighted by Crippen LogP contribution is 2.03. The largest absolute Gasteiger partial charge is 0.363 e. The van der Waals surface area contributed by atoms with E-state index in [1.165, 1.54) is 12.0 Å². The van der Waals surface area contributed by atoms with E-state index in [-0.39, 0.29) is 0 Å². The first-order chi connectivity index (χ1) is 8.27. The van der Waals surface area contributed by atoms with Crippen LogP contribution in [0.1, 0.15) is 32.3 Å². The lowest BCUT2D eigenvalue weighted by Gasteiger charge is -2.24. The van der Waals surface area contributed by atoms with Crippen molar-refractivity contribution in [1.82, 2.24) is 15.2 Å². The van der Waals surface area contributed by atoms with Gasteiger partial charge in [-0.3, -0.25) is 4.98 Å². The molecule has 0 unspecified atom stereocenters. The van der Waals surface area contributed by atoms with E-state index in [1.807, 2.05) is 24.5 Å². The molecule has 0 aliphatic heterocycles. The fraction of sp³-hybridized carbons (Fsp3) is 0.538. The lowest BCUT2D eigenvalue weighted by atomic mass is 10.2. The Bertz CT molecular complexity index is 327. The van der Waals surface area contributed by atoms with Crippen molar-refractivity contribution in [1.29, 1.82) is 0 Å². The summed E-state index contributed by atoms with van der Waals surface area (Å²) in [5.41, 5.74) is 1.24. The van der Waals surface area contributed by atoms with Gasteiger partial charge in [0.1, 0.15) is 0 Å². The molecule has 0 saturated heterocycles. The summed E-state index contributed by atoms with van der Waals surface area (Å²) in [5, 5.41) is 4.14. The number of pyridine rings is 1. The zero-order valence-corrected chi connectivity index (χ0v) is 11.5. The lowest BCUT2D eigenvalue weighted by Crippen LogP contribution is -2.39. The molecule has 0 amide bonds. The number of thiocarbonyl (C=S) groups is 1.